The van der Waals surface area contributed by atoms with E-state index < -0.39 is 23.5 Å². The summed E-state index contributed by atoms with van der Waals surface area (Å²) in [7, 11) is 0. The fourth-order valence-electron chi connectivity index (χ4n) is 3.37. The number of carbonyl (C=O) groups is 2. The number of fused-ring (bicyclic) bond motifs is 2. The van der Waals surface area contributed by atoms with E-state index in [9.17, 15) is 19.5 Å². The number of benzene rings is 1. The molecule has 1 N–H and O–H groups in total. The summed E-state index contributed by atoms with van der Waals surface area (Å²) in [5, 5.41) is 15.2. The third kappa shape index (κ3) is 3.78. The molecule has 148 valence electrons. The number of amides is 1. The molecule has 0 spiro atoms. The van der Waals surface area contributed by atoms with Crippen molar-refractivity contribution in [2.45, 2.75) is 52.5 Å². The summed E-state index contributed by atoms with van der Waals surface area (Å²) in [4.78, 5) is 35.6. The van der Waals surface area contributed by atoms with Crippen LogP contribution in [-0.2, 0) is 16.0 Å². The molecule has 3 aromatic rings. The van der Waals surface area contributed by atoms with Crippen LogP contribution in [0.25, 0.3) is 21.9 Å². The molecule has 0 aliphatic heterocycles. The van der Waals surface area contributed by atoms with E-state index in [1.807, 2.05) is 26.8 Å². The molecule has 3 rings (SSSR count). The van der Waals surface area contributed by atoms with E-state index in [1.165, 1.54) is 0 Å². The molecule has 0 aliphatic carbocycles. The number of carboxylic acid groups (broad SMARTS) is 1. The van der Waals surface area contributed by atoms with Gasteiger partial charge in [-0.3, -0.25) is 4.79 Å². The highest BCUT2D eigenvalue weighted by atomic mass is 16.4. The van der Waals surface area contributed by atoms with Gasteiger partial charge in [0, 0.05) is 28.8 Å². The van der Waals surface area contributed by atoms with E-state index in [4.69, 9.17) is 8.83 Å². The van der Waals surface area contributed by atoms with E-state index in [2.05, 4.69) is 5.32 Å². The molecule has 0 bridgehead atoms. The number of rotatable bonds is 7. The van der Waals surface area contributed by atoms with E-state index >= 15 is 0 Å². The zero-order valence-corrected chi connectivity index (χ0v) is 16.1. The number of aliphatic carboxylic acids is 1. The number of hydrogen-bond acceptors (Lipinski definition) is 6. The summed E-state index contributed by atoms with van der Waals surface area (Å²) in [5.74, 6) is -1.75. The van der Waals surface area contributed by atoms with Gasteiger partial charge >= 0.3 is 5.63 Å². The van der Waals surface area contributed by atoms with Crippen molar-refractivity contribution in [3.63, 3.8) is 0 Å². The SMILES string of the molecule is CCC[C@@H](NC(=O)CCc1c(C)c2cc3c(C)coc3cc2oc1=O)C(=O)[O-]. The second-order valence-electron chi connectivity index (χ2n) is 6.98. The maximum Gasteiger partial charge on any atom is 0.339 e. The normalized spacial score (nSPS) is 12.4. The largest absolute Gasteiger partial charge is 0.548 e. The molecule has 0 aliphatic rings. The van der Waals surface area contributed by atoms with Gasteiger partial charge in [-0.1, -0.05) is 13.3 Å². The maximum atomic E-state index is 12.4. The first-order valence-corrected chi connectivity index (χ1v) is 9.26. The summed E-state index contributed by atoms with van der Waals surface area (Å²) in [5.41, 5.74) is 2.69. The van der Waals surface area contributed by atoms with Crippen LogP contribution >= 0.6 is 0 Å². The Hall–Kier alpha value is -3.09. The minimum atomic E-state index is -1.31. The van der Waals surface area contributed by atoms with Crippen molar-refractivity contribution in [1.29, 1.82) is 0 Å². The molecule has 2 heterocycles. The Morgan fingerprint density at radius 1 is 1.18 bits per heavy atom. The highest BCUT2D eigenvalue weighted by molar-refractivity contribution is 5.96. The monoisotopic (exact) mass is 384 g/mol. The van der Waals surface area contributed by atoms with Gasteiger partial charge in [-0.15, -0.1) is 0 Å². The average molecular weight is 384 g/mol. The standard InChI is InChI=1S/C21H23NO6/c1-4-5-16(20(24)25)22-19(23)7-6-13-12(3)15-8-14-11(2)10-27-17(14)9-18(15)28-21(13)26/h8-10,16H,4-7H2,1-3H3,(H,22,23)(H,24,25)/p-1/t16-/m1/s1. The zero-order valence-electron chi connectivity index (χ0n) is 16.1. The Morgan fingerprint density at radius 3 is 2.61 bits per heavy atom. The van der Waals surface area contributed by atoms with Gasteiger partial charge in [0.05, 0.1) is 18.3 Å². The second kappa shape index (κ2) is 7.88. The first-order chi connectivity index (χ1) is 13.3. The van der Waals surface area contributed by atoms with Gasteiger partial charge in [-0.05, 0) is 43.9 Å². The van der Waals surface area contributed by atoms with E-state index in [0.29, 0.717) is 29.6 Å². The van der Waals surface area contributed by atoms with E-state index in [-0.39, 0.29) is 12.8 Å². The fourth-order valence-corrected chi connectivity index (χ4v) is 3.37. The molecular formula is C21H22NO6-. The molecule has 7 heteroatoms. The first kappa shape index (κ1) is 19.7. The molecule has 0 radical (unpaired) electrons. The van der Waals surface area contributed by atoms with Crippen LogP contribution in [0, 0.1) is 13.8 Å². The van der Waals surface area contributed by atoms with Crippen molar-refractivity contribution in [2.75, 3.05) is 0 Å². The smallest absolute Gasteiger partial charge is 0.339 e. The lowest BCUT2D eigenvalue weighted by Gasteiger charge is -2.19. The number of aryl methyl sites for hydroxylation is 2. The highest BCUT2D eigenvalue weighted by Crippen LogP contribution is 2.29. The molecular weight excluding hydrogens is 362 g/mol. The highest BCUT2D eigenvalue weighted by Gasteiger charge is 2.17. The Balaban J connectivity index is 1.85. The van der Waals surface area contributed by atoms with E-state index in [1.54, 1.807) is 12.3 Å². The molecule has 7 nitrogen and oxygen atoms in total. The predicted octanol–water partition coefficient (Wildman–Crippen LogP) is 2.12. The number of furan rings is 1. The number of carboxylic acids is 1. The van der Waals surface area contributed by atoms with Gasteiger partial charge in [0.25, 0.3) is 0 Å². The topological polar surface area (TPSA) is 113 Å². The summed E-state index contributed by atoms with van der Waals surface area (Å²) in [6, 6.07) is 2.58. The van der Waals surface area contributed by atoms with Crippen molar-refractivity contribution in [2.24, 2.45) is 0 Å². The van der Waals surface area contributed by atoms with Crippen LogP contribution in [0.15, 0.2) is 32.0 Å². The Kier molecular flexibility index (Phi) is 5.53. The third-order valence-corrected chi connectivity index (χ3v) is 4.97. The maximum absolute atomic E-state index is 12.4. The lowest BCUT2D eigenvalue weighted by molar-refractivity contribution is -0.308. The molecule has 0 fully saturated rings. The van der Waals surface area contributed by atoms with Crippen LogP contribution in [0.3, 0.4) is 0 Å². The summed E-state index contributed by atoms with van der Waals surface area (Å²) in [6.45, 7) is 5.57. The second-order valence-corrected chi connectivity index (χ2v) is 6.98. The van der Waals surface area contributed by atoms with Gasteiger partial charge in [-0.25, -0.2) is 4.79 Å². The van der Waals surface area contributed by atoms with Gasteiger partial charge in [0.15, 0.2) is 0 Å². The van der Waals surface area contributed by atoms with Crippen molar-refractivity contribution in [3.8, 4) is 0 Å². The van der Waals surface area contributed by atoms with Crippen LogP contribution in [-0.4, -0.2) is 17.9 Å². The average Bonchev–Trinajstić information content (AvgIpc) is 3.00. The molecule has 1 atom stereocenters. The predicted molar refractivity (Wildman–Crippen MR) is 102 cm³/mol. The molecule has 1 amide bonds. The molecule has 2 aromatic heterocycles. The van der Waals surface area contributed by atoms with Crippen LogP contribution in [0.2, 0.25) is 0 Å². The summed E-state index contributed by atoms with van der Waals surface area (Å²) in [6.07, 6.45) is 2.69. The number of nitrogens with one attached hydrogen (secondary N) is 1. The van der Waals surface area contributed by atoms with Gasteiger partial charge in [-0.2, -0.15) is 0 Å². The van der Waals surface area contributed by atoms with Gasteiger partial charge < -0.3 is 24.1 Å². The fraction of sp³-hybridized carbons (Fsp3) is 0.381. The van der Waals surface area contributed by atoms with Crippen molar-refractivity contribution >= 4 is 33.8 Å². The van der Waals surface area contributed by atoms with Crippen LogP contribution in [0.4, 0.5) is 0 Å². The Labute approximate surface area is 161 Å². The minimum Gasteiger partial charge on any atom is -0.548 e. The number of hydrogen-bond donors (Lipinski definition) is 1. The number of carbonyl (C=O) groups excluding carboxylic acids is 2. The lowest BCUT2D eigenvalue weighted by Crippen LogP contribution is -2.47. The van der Waals surface area contributed by atoms with Crippen LogP contribution < -0.4 is 16.0 Å². The molecule has 1 aromatic carbocycles. The van der Waals surface area contributed by atoms with Crippen LogP contribution in [0.1, 0.15) is 42.9 Å². The van der Waals surface area contributed by atoms with E-state index in [0.717, 1.165) is 21.9 Å². The third-order valence-electron chi connectivity index (χ3n) is 4.97. The van der Waals surface area contributed by atoms with Gasteiger partial charge in [0.1, 0.15) is 11.2 Å². The van der Waals surface area contributed by atoms with Crippen molar-refractivity contribution in [3.05, 3.63) is 45.5 Å². The quantitative estimate of drug-likeness (QED) is 0.625. The molecule has 0 saturated carbocycles. The summed E-state index contributed by atoms with van der Waals surface area (Å²) >= 11 is 0. The van der Waals surface area contributed by atoms with Crippen LogP contribution in [0.5, 0.6) is 0 Å². The van der Waals surface area contributed by atoms with Gasteiger partial charge in [0.2, 0.25) is 5.91 Å². The molecule has 0 saturated heterocycles. The van der Waals surface area contributed by atoms with Crippen molar-refractivity contribution < 1.29 is 23.5 Å². The van der Waals surface area contributed by atoms with Crippen molar-refractivity contribution in [1.82, 2.24) is 5.32 Å². The summed E-state index contributed by atoms with van der Waals surface area (Å²) < 4.78 is 10.9. The minimum absolute atomic E-state index is 0.0163. The molecule has 0 unspecified atom stereocenters. The molecule has 28 heavy (non-hydrogen) atoms. The lowest BCUT2D eigenvalue weighted by atomic mass is 10.0. The Morgan fingerprint density at radius 2 is 1.93 bits per heavy atom. The first-order valence-electron chi connectivity index (χ1n) is 9.26. The Bertz CT molecular complexity index is 1110. The zero-order chi connectivity index (χ0) is 20.4.